The van der Waals surface area contributed by atoms with Gasteiger partial charge in [0, 0.05) is 18.1 Å². The van der Waals surface area contributed by atoms with Crippen LogP contribution < -0.4 is 16.5 Å². The molecule has 32 heavy (non-hydrogen) atoms. The Labute approximate surface area is 185 Å². The summed E-state index contributed by atoms with van der Waals surface area (Å²) in [5, 5.41) is 12.4. The first-order chi connectivity index (χ1) is 15.4. The van der Waals surface area contributed by atoms with E-state index >= 15 is 0 Å². The second kappa shape index (κ2) is 10.5. The predicted octanol–water partition coefficient (Wildman–Crippen LogP) is 4.66. The predicted molar refractivity (Wildman–Crippen MR) is 123 cm³/mol. The van der Waals surface area contributed by atoms with Gasteiger partial charge in [-0.2, -0.15) is 5.48 Å². The van der Waals surface area contributed by atoms with Crippen molar-refractivity contribution in [1.82, 2.24) is 5.48 Å². The smallest absolute Gasteiger partial charge is 0.248 e. The average molecular weight is 433 g/mol. The number of hydrogen-bond acceptors (Lipinski definition) is 5. The summed E-state index contributed by atoms with van der Waals surface area (Å²) in [5.74, 6) is -1.00. The number of benzene rings is 3. The topological polar surface area (TPSA) is 104 Å². The van der Waals surface area contributed by atoms with Crippen LogP contribution in [0.5, 0.6) is 0 Å². The summed E-state index contributed by atoms with van der Waals surface area (Å²) in [6.45, 7) is 1.88. The molecule has 0 radical (unpaired) electrons. The van der Waals surface area contributed by atoms with E-state index in [1.165, 1.54) is 30.3 Å². The second-order valence-electron chi connectivity index (χ2n) is 7.40. The van der Waals surface area contributed by atoms with Gasteiger partial charge in [0.15, 0.2) is 5.78 Å². The van der Waals surface area contributed by atoms with Gasteiger partial charge >= 0.3 is 0 Å². The Balaban J connectivity index is 1.73. The number of Topliss-reactive ketones (excluding diaryl/α,β-unsaturated/α-hetero) is 1. The quantitative estimate of drug-likeness (QED) is 0.179. The summed E-state index contributed by atoms with van der Waals surface area (Å²) >= 11 is 0. The van der Waals surface area contributed by atoms with Gasteiger partial charge in [0.05, 0.1) is 17.4 Å². The molecule has 1 atom stereocenters. The summed E-state index contributed by atoms with van der Waals surface area (Å²) in [5.41, 5.74) is 11.7. The van der Waals surface area contributed by atoms with Crippen molar-refractivity contribution in [3.63, 3.8) is 0 Å². The number of amides is 1. The maximum atomic E-state index is 13.1. The van der Waals surface area contributed by atoms with Crippen molar-refractivity contribution in [2.75, 3.05) is 11.1 Å². The molecule has 3 aromatic carbocycles. The normalized spacial score (nSPS) is 12.0. The van der Waals surface area contributed by atoms with Crippen molar-refractivity contribution >= 4 is 29.1 Å². The van der Waals surface area contributed by atoms with E-state index in [4.69, 9.17) is 5.73 Å². The third kappa shape index (κ3) is 6.10. The number of nitrogen functional groups attached to an aromatic ring is 1. The minimum absolute atomic E-state index is 0.0253. The van der Waals surface area contributed by atoms with Gasteiger partial charge in [0.25, 0.3) is 0 Å². The van der Waals surface area contributed by atoms with Crippen LogP contribution in [0.4, 0.5) is 15.8 Å². The highest BCUT2D eigenvalue weighted by Crippen LogP contribution is 2.23. The summed E-state index contributed by atoms with van der Waals surface area (Å²) in [7, 11) is 0. The first-order valence-electron chi connectivity index (χ1n) is 9.99. The van der Waals surface area contributed by atoms with Crippen molar-refractivity contribution in [2.24, 2.45) is 0 Å². The molecule has 3 aromatic rings. The molecule has 0 saturated heterocycles. The molecular weight excluding hydrogens is 409 g/mol. The molecule has 164 valence electrons. The molecular formula is C25H24FN3O3. The lowest BCUT2D eigenvalue weighted by Gasteiger charge is -2.16. The van der Waals surface area contributed by atoms with E-state index in [-0.39, 0.29) is 18.1 Å². The van der Waals surface area contributed by atoms with Crippen LogP contribution in [0.1, 0.15) is 39.5 Å². The Kier molecular flexibility index (Phi) is 7.49. The SMILES string of the molecule is Cc1cc(/C=C/C(=O)Nc2ccccc2N)cc(C(CC(=O)c2ccc(F)cc2)NO)c1. The summed E-state index contributed by atoms with van der Waals surface area (Å²) in [6, 6.07) is 17.0. The van der Waals surface area contributed by atoms with E-state index in [2.05, 4.69) is 10.8 Å². The van der Waals surface area contributed by atoms with E-state index in [1.54, 1.807) is 36.4 Å². The first kappa shape index (κ1) is 22.9. The van der Waals surface area contributed by atoms with Gasteiger partial charge in [0.1, 0.15) is 5.82 Å². The molecule has 3 rings (SSSR count). The third-order valence-corrected chi connectivity index (χ3v) is 4.88. The van der Waals surface area contributed by atoms with E-state index in [0.717, 1.165) is 11.1 Å². The number of carbonyl (C=O) groups excluding carboxylic acids is 2. The highest BCUT2D eigenvalue weighted by Gasteiger charge is 2.17. The largest absolute Gasteiger partial charge is 0.397 e. The Morgan fingerprint density at radius 3 is 2.50 bits per heavy atom. The molecule has 0 aliphatic rings. The number of aryl methyl sites for hydroxylation is 1. The van der Waals surface area contributed by atoms with Gasteiger partial charge in [0.2, 0.25) is 5.91 Å². The van der Waals surface area contributed by atoms with Gasteiger partial charge in [-0.3, -0.25) is 9.59 Å². The number of nitrogens with one attached hydrogen (secondary N) is 2. The molecule has 0 aliphatic carbocycles. The Bertz CT molecular complexity index is 1140. The van der Waals surface area contributed by atoms with E-state index < -0.39 is 11.9 Å². The molecule has 0 aliphatic heterocycles. The maximum absolute atomic E-state index is 13.1. The Hall–Kier alpha value is -3.81. The summed E-state index contributed by atoms with van der Waals surface area (Å²) < 4.78 is 13.1. The molecule has 0 bridgehead atoms. The zero-order valence-corrected chi connectivity index (χ0v) is 17.5. The lowest BCUT2D eigenvalue weighted by molar-refractivity contribution is -0.111. The van der Waals surface area contributed by atoms with E-state index in [0.29, 0.717) is 22.5 Å². The zero-order valence-electron chi connectivity index (χ0n) is 17.5. The van der Waals surface area contributed by atoms with Gasteiger partial charge in [-0.05, 0) is 60.5 Å². The van der Waals surface area contributed by atoms with Gasteiger partial charge < -0.3 is 16.3 Å². The fourth-order valence-electron chi connectivity index (χ4n) is 3.27. The highest BCUT2D eigenvalue weighted by atomic mass is 19.1. The number of ketones is 1. The molecule has 1 unspecified atom stereocenters. The van der Waals surface area contributed by atoms with Crippen molar-refractivity contribution in [3.05, 3.63) is 101 Å². The van der Waals surface area contributed by atoms with Crippen LogP contribution in [0.3, 0.4) is 0 Å². The number of para-hydroxylation sites is 2. The van der Waals surface area contributed by atoms with Gasteiger partial charge in [-0.25, -0.2) is 4.39 Å². The number of hydrogen-bond donors (Lipinski definition) is 4. The number of carbonyl (C=O) groups is 2. The molecule has 0 heterocycles. The standard InChI is InChI=1S/C25H24FN3O3/c1-16-12-17(6-11-25(31)28-22-5-3-2-4-21(22)27)14-19(13-16)23(29-32)15-24(30)18-7-9-20(26)10-8-18/h2-14,23,29,32H,15,27H2,1H3,(H,28,31)/b11-6+. The molecule has 0 spiro atoms. The van der Waals surface area contributed by atoms with Crippen molar-refractivity contribution in [2.45, 2.75) is 19.4 Å². The number of rotatable bonds is 8. The number of anilines is 2. The highest BCUT2D eigenvalue weighted by molar-refractivity contribution is 6.03. The van der Waals surface area contributed by atoms with Gasteiger partial charge in [-0.15, -0.1) is 0 Å². The van der Waals surface area contributed by atoms with Crippen molar-refractivity contribution < 1.29 is 19.2 Å². The van der Waals surface area contributed by atoms with Crippen LogP contribution in [0.25, 0.3) is 6.08 Å². The van der Waals surface area contributed by atoms with Gasteiger partial charge in [-0.1, -0.05) is 35.9 Å². The molecule has 1 amide bonds. The minimum atomic E-state index is -0.669. The lowest BCUT2D eigenvalue weighted by atomic mass is 9.95. The van der Waals surface area contributed by atoms with Crippen molar-refractivity contribution in [1.29, 1.82) is 0 Å². The number of hydroxylamine groups is 1. The first-order valence-corrected chi connectivity index (χ1v) is 9.99. The molecule has 0 saturated carbocycles. The number of nitrogens with two attached hydrogens (primary N) is 1. The van der Waals surface area contributed by atoms with Crippen LogP contribution in [0.2, 0.25) is 0 Å². The average Bonchev–Trinajstić information content (AvgIpc) is 2.77. The molecule has 0 fully saturated rings. The van der Waals surface area contributed by atoms with Crippen LogP contribution in [-0.4, -0.2) is 16.9 Å². The Morgan fingerprint density at radius 2 is 1.81 bits per heavy atom. The lowest BCUT2D eigenvalue weighted by Crippen LogP contribution is -2.21. The van der Waals surface area contributed by atoms with Crippen LogP contribution in [-0.2, 0) is 4.79 Å². The molecule has 5 N–H and O–H groups in total. The third-order valence-electron chi connectivity index (χ3n) is 4.88. The van der Waals surface area contributed by atoms with Crippen LogP contribution in [0, 0.1) is 12.7 Å². The zero-order chi connectivity index (χ0) is 23.1. The minimum Gasteiger partial charge on any atom is -0.397 e. The van der Waals surface area contributed by atoms with E-state index in [1.807, 2.05) is 19.1 Å². The molecule has 7 heteroatoms. The fraction of sp³-hybridized carbons (Fsp3) is 0.120. The Morgan fingerprint density at radius 1 is 1.09 bits per heavy atom. The van der Waals surface area contributed by atoms with Crippen LogP contribution >= 0.6 is 0 Å². The second-order valence-corrected chi connectivity index (χ2v) is 7.40. The fourth-order valence-corrected chi connectivity index (χ4v) is 3.27. The van der Waals surface area contributed by atoms with Crippen LogP contribution in [0.15, 0.2) is 72.8 Å². The van der Waals surface area contributed by atoms with E-state index in [9.17, 15) is 19.2 Å². The summed E-state index contributed by atoms with van der Waals surface area (Å²) in [4.78, 5) is 24.8. The molecule has 6 nitrogen and oxygen atoms in total. The maximum Gasteiger partial charge on any atom is 0.248 e. The van der Waals surface area contributed by atoms with Crippen molar-refractivity contribution in [3.8, 4) is 0 Å². The monoisotopic (exact) mass is 433 g/mol. The number of halogens is 1. The summed E-state index contributed by atoms with van der Waals surface area (Å²) in [6.07, 6.45) is 3.00. The molecule has 0 aromatic heterocycles.